The van der Waals surface area contributed by atoms with Crippen LogP contribution < -0.4 is 0 Å². The van der Waals surface area contributed by atoms with Crippen molar-refractivity contribution in [3.05, 3.63) is 30.0 Å². The van der Waals surface area contributed by atoms with E-state index in [0.717, 1.165) is 16.6 Å². The van der Waals surface area contributed by atoms with Crippen molar-refractivity contribution in [2.75, 3.05) is 0 Å². The zero-order chi connectivity index (χ0) is 10.8. The summed E-state index contributed by atoms with van der Waals surface area (Å²) in [5.41, 5.74) is 1.90. The van der Waals surface area contributed by atoms with Gasteiger partial charge in [-0.05, 0) is 6.07 Å². The van der Waals surface area contributed by atoms with Crippen molar-refractivity contribution in [3.8, 4) is 0 Å². The first kappa shape index (κ1) is 9.71. The van der Waals surface area contributed by atoms with Crippen LogP contribution in [0.3, 0.4) is 0 Å². The first-order valence-corrected chi connectivity index (χ1v) is 4.81. The summed E-state index contributed by atoms with van der Waals surface area (Å²) in [7, 11) is 1.84. The number of nitrogens with zero attached hydrogens (tertiary/aromatic N) is 2. The molecule has 2 rings (SSSR count). The van der Waals surface area contributed by atoms with Crippen molar-refractivity contribution < 1.29 is 9.90 Å². The van der Waals surface area contributed by atoms with Crippen LogP contribution in [-0.4, -0.2) is 20.9 Å². The molecule has 0 aliphatic carbocycles. The molecule has 1 heterocycles. The first-order valence-electron chi connectivity index (χ1n) is 4.81. The average molecular weight is 204 g/mol. The monoisotopic (exact) mass is 204 g/mol. The van der Waals surface area contributed by atoms with Gasteiger partial charge in [0.25, 0.3) is 0 Å². The largest absolute Gasteiger partial charge is 0.481 e. The lowest BCUT2D eigenvalue weighted by Gasteiger charge is -1.99. The minimum Gasteiger partial charge on any atom is -0.481 e. The molecule has 0 radical (unpaired) electrons. The Morgan fingerprint density at radius 3 is 2.93 bits per heavy atom. The molecule has 0 amide bonds. The topological polar surface area (TPSA) is 55.1 Å². The van der Waals surface area contributed by atoms with Gasteiger partial charge in [-0.15, -0.1) is 0 Å². The number of rotatable bonds is 3. The van der Waals surface area contributed by atoms with E-state index < -0.39 is 5.97 Å². The fraction of sp³-hybridized carbons (Fsp3) is 0.273. The molecule has 4 heteroatoms. The molecule has 1 aromatic heterocycles. The number of fused-ring (bicyclic) bond motifs is 1. The van der Waals surface area contributed by atoms with Crippen molar-refractivity contribution in [2.45, 2.75) is 12.8 Å². The van der Waals surface area contributed by atoms with Crippen LogP contribution in [0.25, 0.3) is 10.9 Å². The maximum atomic E-state index is 10.5. The van der Waals surface area contributed by atoms with Gasteiger partial charge in [0, 0.05) is 24.5 Å². The van der Waals surface area contributed by atoms with Gasteiger partial charge in [-0.1, -0.05) is 18.2 Å². The highest BCUT2D eigenvalue weighted by molar-refractivity contribution is 5.82. The smallest absolute Gasteiger partial charge is 0.303 e. The van der Waals surface area contributed by atoms with Crippen LogP contribution in [0.1, 0.15) is 12.1 Å². The van der Waals surface area contributed by atoms with Gasteiger partial charge in [0.2, 0.25) is 0 Å². The van der Waals surface area contributed by atoms with Gasteiger partial charge in [-0.2, -0.15) is 5.10 Å². The number of carboxylic acid groups (broad SMARTS) is 1. The Morgan fingerprint density at radius 1 is 1.47 bits per heavy atom. The molecule has 0 spiro atoms. The van der Waals surface area contributed by atoms with Gasteiger partial charge < -0.3 is 5.11 Å². The lowest BCUT2D eigenvalue weighted by atomic mass is 10.1. The van der Waals surface area contributed by atoms with Gasteiger partial charge in [0.05, 0.1) is 11.9 Å². The van der Waals surface area contributed by atoms with Crippen LogP contribution in [0.15, 0.2) is 24.3 Å². The van der Waals surface area contributed by atoms with Gasteiger partial charge >= 0.3 is 5.97 Å². The lowest BCUT2D eigenvalue weighted by Crippen LogP contribution is -2.03. The molecule has 1 N–H and O–H groups in total. The predicted molar refractivity (Wildman–Crippen MR) is 56.7 cm³/mol. The van der Waals surface area contributed by atoms with E-state index in [9.17, 15) is 4.79 Å². The number of aromatic nitrogens is 2. The SMILES string of the molecule is Cn1nc2ccccc2c1CCC(=O)O. The first-order chi connectivity index (χ1) is 7.18. The second kappa shape index (κ2) is 3.73. The molecular formula is C11H12N2O2. The molecule has 0 unspecified atom stereocenters. The Kier molecular flexibility index (Phi) is 2.41. The number of carbonyl (C=O) groups is 1. The summed E-state index contributed by atoms with van der Waals surface area (Å²) < 4.78 is 1.76. The van der Waals surface area contributed by atoms with Crippen LogP contribution in [0, 0.1) is 0 Å². The number of hydrogen-bond donors (Lipinski definition) is 1. The molecule has 2 aromatic rings. The summed E-state index contributed by atoms with van der Waals surface area (Å²) >= 11 is 0. The molecule has 0 aliphatic heterocycles. The predicted octanol–water partition coefficient (Wildman–Crippen LogP) is 1.59. The standard InChI is InChI=1S/C11H12N2O2/c1-13-10(6-7-11(14)15)8-4-2-3-5-9(8)12-13/h2-5H,6-7H2,1H3,(H,14,15). The van der Waals surface area contributed by atoms with Crippen molar-refractivity contribution >= 4 is 16.9 Å². The van der Waals surface area contributed by atoms with Crippen molar-refractivity contribution in [1.29, 1.82) is 0 Å². The van der Waals surface area contributed by atoms with Crippen LogP contribution in [0.5, 0.6) is 0 Å². The lowest BCUT2D eigenvalue weighted by molar-refractivity contribution is -0.136. The van der Waals surface area contributed by atoms with Gasteiger partial charge in [-0.25, -0.2) is 0 Å². The van der Waals surface area contributed by atoms with E-state index in [-0.39, 0.29) is 6.42 Å². The van der Waals surface area contributed by atoms with E-state index >= 15 is 0 Å². The second-order valence-electron chi connectivity index (χ2n) is 3.48. The van der Waals surface area contributed by atoms with Crippen molar-refractivity contribution in [2.24, 2.45) is 7.05 Å². The highest BCUT2D eigenvalue weighted by Crippen LogP contribution is 2.18. The number of carboxylic acids is 1. The summed E-state index contributed by atoms with van der Waals surface area (Å²) in [4.78, 5) is 10.5. The van der Waals surface area contributed by atoms with Crippen LogP contribution in [0.2, 0.25) is 0 Å². The molecule has 0 saturated heterocycles. The third-order valence-electron chi connectivity index (χ3n) is 2.44. The molecule has 0 aliphatic rings. The number of hydrogen-bond acceptors (Lipinski definition) is 2. The summed E-state index contributed by atoms with van der Waals surface area (Å²) in [5.74, 6) is -0.778. The third-order valence-corrected chi connectivity index (χ3v) is 2.44. The molecule has 0 bridgehead atoms. The highest BCUT2D eigenvalue weighted by Gasteiger charge is 2.09. The molecule has 0 saturated carbocycles. The van der Waals surface area contributed by atoms with Gasteiger partial charge in [-0.3, -0.25) is 9.48 Å². The molecule has 0 atom stereocenters. The van der Waals surface area contributed by atoms with E-state index in [1.807, 2.05) is 31.3 Å². The minimum absolute atomic E-state index is 0.142. The summed E-state index contributed by atoms with van der Waals surface area (Å²) in [6, 6.07) is 7.77. The Morgan fingerprint density at radius 2 is 2.20 bits per heavy atom. The fourth-order valence-electron chi connectivity index (χ4n) is 1.72. The Labute approximate surface area is 87.1 Å². The zero-order valence-electron chi connectivity index (χ0n) is 8.47. The van der Waals surface area contributed by atoms with E-state index in [0.29, 0.717) is 6.42 Å². The Balaban J connectivity index is 2.40. The number of aryl methyl sites for hydroxylation is 2. The molecule has 15 heavy (non-hydrogen) atoms. The van der Waals surface area contributed by atoms with Gasteiger partial charge in [0.1, 0.15) is 0 Å². The van der Waals surface area contributed by atoms with Gasteiger partial charge in [0.15, 0.2) is 0 Å². The van der Waals surface area contributed by atoms with Crippen LogP contribution in [0.4, 0.5) is 0 Å². The van der Waals surface area contributed by atoms with Crippen molar-refractivity contribution in [3.63, 3.8) is 0 Å². The van der Waals surface area contributed by atoms with Crippen LogP contribution in [-0.2, 0) is 18.3 Å². The van der Waals surface area contributed by atoms with Crippen molar-refractivity contribution in [1.82, 2.24) is 9.78 Å². The third kappa shape index (κ3) is 1.83. The molecule has 0 fully saturated rings. The van der Waals surface area contributed by atoms with E-state index in [1.54, 1.807) is 4.68 Å². The fourth-order valence-corrected chi connectivity index (χ4v) is 1.72. The molecule has 1 aromatic carbocycles. The zero-order valence-corrected chi connectivity index (χ0v) is 8.47. The van der Waals surface area contributed by atoms with Crippen LogP contribution >= 0.6 is 0 Å². The van der Waals surface area contributed by atoms with E-state index in [2.05, 4.69) is 5.10 Å². The Hall–Kier alpha value is -1.84. The summed E-state index contributed by atoms with van der Waals surface area (Å²) in [5, 5.41) is 14.0. The average Bonchev–Trinajstić information content (AvgIpc) is 2.50. The molecular weight excluding hydrogens is 192 g/mol. The maximum Gasteiger partial charge on any atom is 0.303 e. The molecule has 78 valence electrons. The maximum absolute atomic E-state index is 10.5. The Bertz CT molecular complexity index is 502. The van der Waals surface area contributed by atoms with E-state index in [4.69, 9.17) is 5.11 Å². The highest BCUT2D eigenvalue weighted by atomic mass is 16.4. The quantitative estimate of drug-likeness (QED) is 0.826. The normalized spacial score (nSPS) is 10.7. The van der Waals surface area contributed by atoms with E-state index in [1.165, 1.54) is 0 Å². The summed E-state index contributed by atoms with van der Waals surface area (Å²) in [6.07, 6.45) is 0.663. The summed E-state index contributed by atoms with van der Waals surface area (Å²) in [6.45, 7) is 0. The minimum atomic E-state index is -0.778. The molecule has 4 nitrogen and oxygen atoms in total. The second-order valence-corrected chi connectivity index (χ2v) is 3.48. The number of aliphatic carboxylic acids is 1. The number of benzene rings is 1.